The third kappa shape index (κ3) is 5.01. The van der Waals surface area contributed by atoms with Crippen LogP contribution in [0.3, 0.4) is 0 Å². The topological polar surface area (TPSA) is 68.3 Å². The number of hydrogen-bond acceptors (Lipinski definition) is 5. The smallest absolute Gasteiger partial charge is 0.181 e. The minimum Gasteiger partial charge on any atom is -0.224 e. The van der Waals surface area contributed by atoms with Gasteiger partial charge in [-0.1, -0.05) is 26.7 Å². The average molecular weight is 576 g/mol. The zero-order valence-corrected chi connectivity index (χ0v) is 18.6. The van der Waals surface area contributed by atoms with Crippen molar-refractivity contribution >= 4 is 76.2 Å². The highest BCUT2D eigenvalue weighted by atomic mass is 127. The van der Waals surface area contributed by atoms with E-state index in [1.807, 2.05) is 59.0 Å². The molecule has 0 N–H and O–H groups in total. The van der Waals surface area contributed by atoms with Gasteiger partial charge >= 0.3 is 0 Å². The lowest BCUT2D eigenvalue weighted by Crippen LogP contribution is -2.15. The van der Waals surface area contributed by atoms with Crippen LogP contribution in [0.4, 0.5) is 0 Å². The molecule has 122 valence electrons. The summed E-state index contributed by atoms with van der Waals surface area (Å²) in [6.45, 7) is 3.83. The maximum absolute atomic E-state index is 12.5. The molecule has 1 aromatic heterocycles. The summed E-state index contributed by atoms with van der Waals surface area (Å²) in [5, 5.41) is 0. The van der Waals surface area contributed by atoms with Gasteiger partial charge in [0.25, 0.3) is 0 Å². The molecule has 0 fully saturated rings. The van der Waals surface area contributed by atoms with Crippen LogP contribution in [0.2, 0.25) is 0 Å². The molecule has 21 heavy (non-hydrogen) atoms. The van der Waals surface area contributed by atoms with E-state index in [1.165, 1.54) is 11.3 Å². The highest BCUT2D eigenvalue weighted by molar-refractivity contribution is 14.1. The van der Waals surface area contributed by atoms with E-state index in [1.54, 1.807) is 0 Å². The quantitative estimate of drug-likeness (QED) is 0.438. The first-order chi connectivity index (χ1) is 9.67. The van der Waals surface area contributed by atoms with Gasteiger partial charge in [-0.05, 0) is 58.0 Å². The minimum absolute atomic E-state index is 0.00259. The molecule has 0 bridgehead atoms. The van der Waals surface area contributed by atoms with E-state index in [-0.39, 0.29) is 21.3 Å². The summed E-state index contributed by atoms with van der Waals surface area (Å²) in [5.41, 5.74) is 0. The van der Waals surface area contributed by atoms with Crippen molar-refractivity contribution in [2.75, 3.05) is 11.5 Å². The van der Waals surface area contributed by atoms with Crippen molar-refractivity contribution in [3.8, 4) is 0 Å². The van der Waals surface area contributed by atoms with Crippen molar-refractivity contribution in [3.63, 3.8) is 0 Å². The number of sulfone groups is 2. The Balaban J connectivity index is 3.42. The lowest BCUT2D eigenvalue weighted by molar-refractivity contribution is 0.579. The fraction of sp³-hybridized carbons (Fsp3) is 0.667. The fourth-order valence-corrected chi connectivity index (χ4v) is 12.7. The standard InChI is InChI=1S/C12H18I2O4S3/c1-3-5-7-20(15,16)9-10(12(14)19-11(9)13)21(17,18)8-6-4-2/h3-8H2,1-2H3. The van der Waals surface area contributed by atoms with Crippen LogP contribution >= 0.6 is 56.5 Å². The highest BCUT2D eigenvalue weighted by Crippen LogP contribution is 2.39. The molecular formula is C12H18I2O4S3. The number of halogens is 2. The van der Waals surface area contributed by atoms with Crippen molar-refractivity contribution in [3.05, 3.63) is 5.77 Å². The Morgan fingerprint density at radius 2 is 1.14 bits per heavy atom. The van der Waals surface area contributed by atoms with E-state index in [0.717, 1.165) is 12.8 Å². The van der Waals surface area contributed by atoms with Crippen molar-refractivity contribution in [1.82, 2.24) is 0 Å². The number of thiophene rings is 1. The third-order valence-electron chi connectivity index (χ3n) is 2.90. The summed E-state index contributed by atoms with van der Waals surface area (Å²) in [7, 11) is -7.10. The Morgan fingerprint density at radius 1 is 0.810 bits per heavy atom. The van der Waals surface area contributed by atoms with Crippen molar-refractivity contribution in [1.29, 1.82) is 0 Å². The molecule has 0 spiro atoms. The number of unbranched alkanes of at least 4 members (excludes halogenated alkanes) is 2. The van der Waals surface area contributed by atoms with E-state index < -0.39 is 19.7 Å². The first kappa shape index (κ1) is 20.1. The Bertz CT molecular complexity index is 632. The predicted octanol–water partition coefficient (Wildman–Crippen LogP) is 4.10. The van der Waals surface area contributed by atoms with Gasteiger partial charge in [0, 0.05) is 0 Å². The average Bonchev–Trinajstić information content (AvgIpc) is 2.70. The van der Waals surface area contributed by atoms with Crippen LogP contribution in [0.25, 0.3) is 0 Å². The second-order valence-corrected chi connectivity index (χ2v) is 13.4. The molecule has 0 radical (unpaired) electrons. The zero-order valence-electron chi connectivity index (χ0n) is 11.9. The Kier molecular flexibility index (Phi) is 7.89. The third-order valence-corrected chi connectivity index (χ3v) is 10.9. The first-order valence-corrected chi connectivity index (χ1v) is 12.9. The van der Waals surface area contributed by atoms with Crippen molar-refractivity contribution in [2.24, 2.45) is 0 Å². The summed E-state index contributed by atoms with van der Waals surface area (Å²) in [6.07, 6.45) is 2.60. The molecule has 4 nitrogen and oxygen atoms in total. The van der Waals surface area contributed by atoms with E-state index in [0.29, 0.717) is 18.6 Å². The molecule has 0 saturated heterocycles. The summed E-state index contributed by atoms with van der Waals surface area (Å²) in [4.78, 5) is 0.0594. The molecule has 0 aliphatic heterocycles. The van der Waals surface area contributed by atoms with Crippen LogP contribution in [0.5, 0.6) is 0 Å². The minimum atomic E-state index is -3.55. The molecular weight excluding hydrogens is 558 g/mol. The van der Waals surface area contributed by atoms with Gasteiger partial charge in [0.15, 0.2) is 19.7 Å². The van der Waals surface area contributed by atoms with Crippen molar-refractivity contribution in [2.45, 2.75) is 49.3 Å². The molecule has 0 aliphatic carbocycles. The molecule has 1 heterocycles. The zero-order chi connectivity index (χ0) is 16.3. The molecule has 0 saturated carbocycles. The Hall–Kier alpha value is 1.06. The van der Waals surface area contributed by atoms with Crippen LogP contribution < -0.4 is 0 Å². The van der Waals surface area contributed by atoms with Gasteiger partial charge in [0.05, 0.1) is 17.3 Å². The van der Waals surface area contributed by atoms with Gasteiger partial charge in [-0.25, -0.2) is 16.8 Å². The predicted molar refractivity (Wildman–Crippen MR) is 104 cm³/mol. The lowest BCUT2D eigenvalue weighted by atomic mass is 10.4. The molecule has 1 rings (SSSR count). The SMILES string of the molecule is CCCCS(=O)(=O)c1c(I)sc(I)c1S(=O)(=O)CCCC. The van der Waals surface area contributed by atoms with Crippen molar-refractivity contribution < 1.29 is 16.8 Å². The maximum atomic E-state index is 12.5. The van der Waals surface area contributed by atoms with Crippen LogP contribution in [0.15, 0.2) is 9.79 Å². The van der Waals surface area contributed by atoms with Gasteiger partial charge in [-0.15, -0.1) is 11.3 Å². The molecule has 0 aromatic carbocycles. The highest BCUT2D eigenvalue weighted by Gasteiger charge is 2.33. The van der Waals surface area contributed by atoms with Gasteiger partial charge in [0.1, 0.15) is 9.79 Å². The van der Waals surface area contributed by atoms with Crippen LogP contribution in [-0.2, 0) is 19.7 Å². The molecule has 0 atom stereocenters. The van der Waals surface area contributed by atoms with Gasteiger partial charge < -0.3 is 0 Å². The maximum Gasteiger partial charge on any atom is 0.181 e. The summed E-state index contributed by atoms with van der Waals surface area (Å²) in [6, 6.07) is 0. The summed E-state index contributed by atoms with van der Waals surface area (Å²) >= 11 is 5.09. The van der Waals surface area contributed by atoms with Crippen LogP contribution in [-0.4, -0.2) is 28.3 Å². The molecule has 0 aliphatic rings. The largest absolute Gasteiger partial charge is 0.224 e. The Morgan fingerprint density at radius 3 is 1.43 bits per heavy atom. The normalized spacial score (nSPS) is 12.8. The van der Waals surface area contributed by atoms with E-state index in [2.05, 4.69) is 0 Å². The second-order valence-electron chi connectivity index (χ2n) is 4.65. The molecule has 0 amide bonds. The number of hydrogen-bond donors (Lipinski definition) is 0. The van der Waals surface area contributed by atoms with E-state index in [9.17, 15) is 16.8 Å². The van der Waals surface area contributed by atoms with E-state index in [4.69, 9.17) is 0 Å². The van der Waals surface area contributed by atoms with E-state index >= 15 is 0 Å². The van der Waals surface area contributed by atoms with Crippen LogP contribution in [0, 0.1) is 5.77 Å². The fourth-order valence-electron chi connectivity index (χ4n) is 1.75. The lowest BCUT2D eigenvalue weighted by Gasteiger charge is -2.08. The first-order valence-electron chi connectivity index (χ1n) is 6.60. The molecule has 9 heteroatoms. The Labute approximate surface area is 158 Å². The molecule has 1 aromatic rings. The van der Waals surface area contributed by atoms with Crippen LogP contribution in [0.1, 0.15) is 39.5 Å². The van der Waals surface area contributed by atoms with Gasteiger partial charge in [0.2, 0.25) is 0 Å². The number of rotatable bonds is 8. The summed E-state index contributed by atoms with van der Waals surface area (Å²) in [5.74, 6) is 0.00518. The monoisotopic (exact) mass is 576 g/mol. The van der Waals surface area contributed by atoms with Gasteiger partial charge in [-0.3, -0.25) is 0 Å². The second kappa shape index (κ2) is 8.25. The molecule has 0 unspecified atom stereocenters. The summed E-state index contributed by atoms with van der Waals surface area (Å²) < 4.78 is 51.1. The van der Waals surface area contributed by atoms with Gasteiger partial charge in [-0.2, -0.15) is 0 Å².